The molecule has 0 saturated carbocycles. The van der Waals surface area contributed by atoms with Gasteiger partial charge in [-0.05, 0) is 56.5 Å². The van der Waals surface area contributed by atoms with Crippen molar-refractivity contribution in [3.8, 4) is 11.5 Å². The van der Waals surface area contributed by atoms with E-state index in [0.29, 0.717) is 0 Å². The molecule has 1 unspecified atom stereocenters. The Bertz CT molecular complexity index is 398. The summed E-state index contributed by atoms with van der Waals surface area (Å²) in [4.78, 5) is 0. The van der Waals surface area contributed by atoms with E-state index in [0.717, 1.165) is 23.6 Å². The van der Waals surface area contributed by atoms with Crippen LogP contribution in [0.15, 0.2) is 18.2 Å². The van der Waals surface area contributed by atoms with E-state index in [1.54, 1.807) is 14.2 Å². The van der Waals surface area contributed by atoms with Crippen LogP contribution in [0.25, 0.3) is 0 Å². The van der Waals surface area contributed by atoms with Gasteiger partial charge in [0.25, 0.3) is 0 Å². The Morgan fingerprint density at radius 1 is 1.10 bits per heavy atom. The summed E-state index contributed by atoms with van der Waals surface area (Å²) in [5.41, 5.74) is 1.15. The lowest BCUT2D eigenvalue weighted by Crippen LogP contribution is -2.20. The van der Waals surface area contributed by atoms with Gasteiger partial charge in [-0.1, -0.05) is 12.8 Å². The van der Waals surface area contributed by atoms with Gasteiger partial charge in [0.05, 0.1) is 14.2 Å². The summed E-state index contributed by atoms with van der Waals surface area (Å²) in [5, 5.41) is 3.58. The Kier molecular flexibility index (Phi) is 9.35. The Morgan fingerprint density at radius 3 is 2.52 bits per heavy atom. The van der Waals surface area contributed by atoms with Gasteiger partial charge in [0.15, 0.2) is 0 Å². The second-order valence-corrected chi connectivity index (χ2v) is 6.18. The standard InChI is InChI=1S/C17H29NO2S/c1-14(18-11-7-5-6-8-12-21-4)16-13-15(19-2)9-10-17(16)20-3/h9-10,13-14,18H,5-8,11-12H2,1-4H3. The second-order valence-electron chi connectivity index (χ2n) is 5.19. The summed E-state index contributed by atoms with van der Waals surface area (Å²) in [6, 6.07) is 6.21. The second kappa shape index (κ2) is 10.8. The molecule has 3 nitrogen and oxygen atoms in total. The fraction of sp³-hybridized carbons (Fsp3) is 0.647. The molecule has 0 aliphatic rings. The van der Waals surface area contributed by atoms with Crippen molar-refractivity contribution in [1.29, 1.82) is 0 Å². The van der Waals surface area contributed by atoms with Crippen LogP contribution in [0, 0.1) is 0 Å². The Hall–Kier alpha value is -0.870. The van der Waals surface area contributed by atoms with Crippen LogP contribution in [0.2, 0.25) is 0 Å². The molecule has 0 radical (unpaired) electrons. The molecule has 120 valence electrons. The summed E-state index contributed by atoms with van der Waals surface area (Å²) in [6.45, 7) is 3.21. The van der Waals surface area contributed by atoms with Crippen molar-refractivity contribution in [2.45, 2.75) is 38.6 Å². The quantitative estimate of drug-likeness (QED) is 0.618. The molecule has 0 bridgehead atoms. The number of ether oxygens (including phenoxy) is 2. The number of rotatable bonds is 11. The van der Waals surface area contributed by atoms with Gasteiger partial charge in [-0.3, -0.25) is 0 Å². The molecule has 0 aromatic heterocycles. The number of methoxy groups -OCH3 is 2. The third-order valence-corrected chi connectivity index (χ3v) is 4.33. The van der Waals surface area contributed by atoms with Gasteiger partial charge in [-0.25, -0.2) is 0 Å². The maximum Gasteiger partial charge on any atom is 0.123 e. The first kappa shape index (κ1) is 18.2. The highest BCUT2D eigenvalue weighted by molar-refractivity contribution is 7.98. The van der Waals surface area contributed by atoms with E-state index in [-0.39, 0.29) is 6.04 Å². The first-order valence-corrected chi connectivity index (χ1v) is 9.06. The zero-order chi connectivity index (χ0) is 15.5. The van der Waals surface area contributed by atoms with Crippen molar-refractivity contribution in [3.05, 3.63) is 23.8 Å². The van der Waals surface area contributed by atoms with Crippen molar-refractivity contribution >= 4 is 11.8 Å². The minimum atomic E-state index is 0.265. The zero-order valence-corrected chi connectivity index (χ0v) is 14.6. The molecule has 0 heterocycles. The van der Waals surface area contributed by atoms with Gasteiger partial charge < -0.3 is 14.8 Å². The average molecular weight is 311 g/mol. The number of benzene rings is 1. The Labute approximate surface area is 133 Å². The number of nitrogens with one attached hydrogen (secondary N) is 1. The predicted molar refractivity (Wildman–Crippen MR) is 92.8 cm³/mol. The third-order valence-electron chi connectivity index (χ3n) is 3.63. The van der Waals surface area contributed by atoms with E-state index in [4.69, 9.17) is 9.47 Å². The minimum Gasteiger partial charge on any atom is -0.497 e. The van der Waals surface area contributed by atoms with Crippen molar-refractivity contribution in [1.82, 2.24) is 5.32 Å². The topological polar surface area (TPSA) is 30.5 Å². The zero-order valence-electron chi connectivity index (χ0n) is 13.8. The summed E-state index contributed by atoms with van der Waals surface area (Å²) >= 11 is 1.93. The van der Waals surface area contributed by atoms with Crippen LogP contribution < -0.4 is 14.8 Å². The van der Waals surface area contributed by atoms with Gasteiger partial charge in [-0.2, -0.15) is 11.8 Å². The molecule has 1 atom stereocenters. The number of thioether (sulfide) groups is 1. The Morgan fingerprint density at radius 2 is 1.86 bits per heavy atom. The van der Waals surface area contributed by atoms with Crippen molar-refractivity contribution in [3.63, 3.8) is 0 Å². The molecule has 0 saturated heterocycles. The minimum absolute atomic E-state index is 0.265. The molecule has 0 amide bonds. The van der Waals surface area contributed by atoms with E-state index in [1.165, 1.54) is 31.4 Å². The number of hydrogen-bond acceptors (Lipinski definition) is 4. The van der Waals surface area contributed by atoms with Crippen molar-refractivity contribution < 1.29 is 9.47 Å². The molecule has 0 aliphatic heterocycles. The van der Waals surface area contributed by atoms with Gasteiger partial charge in [0.2, 0.25) is 0 Å². The van der Waals surface area contributed by atoms with Gasteiger partial charge in [0.1, 0.15) is 11.5 Å². The molecule has 1 aromatic carbocycles. The first-order valence-electron chi connectivity index (χ1n) is 7.67. The van der Waals surface area contributed by atoms with Crippen LogP contribution >= 0.6 is 11.8 Å². The smallest absolute Gasteiger partial charge is 0.123 e. The molecule has 1 aromatic rings. The summed E-state index contributed by atoms with van der Waals surface area (Å²) in [6.07, 6.45) is 7.37. The Balaban J connectivity index is 2.38. The van der Waals surface area contributed by atoms with E-state index < -0.39 is 0 Å². The summed E-state index contributed by atoms with van der Waals surface area (Å²) < 4.78 is 10.7. The van der Waals surface area contributed by atoms with Crippen molar-refractivity contribution in [2.24, 2.45) is 0 Å². The van der Waals surface area contributed by atoms with Gasteiger partial charge in [0, 0.05) is 11.6 Å². The van der Waals surface area contributed by atoms with Crippen LogP contribution in [0.4, 0.5) is 0 Å². The van der Waals surface area contributed by atoms with Gasteiger partial charge >= 0.3 is 0 Å². The first-order chi connectivity index (χ1) is 10.2. The average Bonchev–Trinajstić information content (AvgIpc) is 2.53. The maximum atomic E-state index is 5.44. The van der Waals surface area contributed by atoms with Crippen LogP contribution in [-0.4, -0.2) is 32.8 Å². The molecule has 0 aliphatic carbocycles. The molecule has 4 heteroatoms. The third kappa shape index (κ3) is 6.62. The molecular formula is C17H29NO2S. The monoisotopic (exact) mass is 311 g/mol. The molecule has 0 fully saturated rings. The summed E-state index contributed by atoms with van der Waals surface area (Å²) in [5.74, 6) is 3.07. The van der Waals surface area contributed by atoms with Crippen LogP contribution in [0.5, 0.6) is 11.5 Å². The SMILES string of the molecule is COc1ccc(OC)c(C(C)NCCCCCCSC)c1. The van der Waals surface area contributed by atoms with Crippen LogP contribution in [0.3, 0.4) is 0 Å². The molecule has 0 spiro atoms. The van der Waals surface area contributed by atoms with Gasteiger partial charge in [-0.15, -0.1) is 0 Å². The van der Waals surface area contributed by atoms with E-state index in [9.17, 15) is 0 Å². The molecular weight excluding hydrogens is 282 g/mol. The highest BCUT2D eigenvalue weighted by Crippen LogP contribution is 2.29. The van der Waals surface area contributed by atoms with Crippen molar-refractivity contribution in [2.75, 3.05) is 32.8 Å². The van der Waals surface area contributed by atoms with E-state index in [2.05, 4.69) is 24.6 Å². The predicted octanol–water partition coefficient (Wildman–Crippen LogP) is 4.28. The highest BCUT2D eigenvalue weighted by Gasteiger charge is 2.12. The normalized spacial score (nSPS) is 12.2. The van der Waals surface area contributed by atoms with E-state index >= 15 is 0 Å². The number of unbranched alkanes of at least 4 members (excludes halogenated alkanes) is 3. The molecule has 21 heavy (non-hydrogen) atoms. The number of hydrogen-bond donors (Lipinski definition) is 1. The lowest BCUT2D eigenvalue weighted by molar-refractivity contribution is 0.391. The lowest BCUT2D eigenvalue weighted by Gasteiger charge is -2.18. The molecule has 1 N–H and O–H groups in total. The lowest BCUT2D eigenvalue weighted by atomic mass is 10.1. The van der Waals surface area contributed by atoms with E-state index in [1.807, 2.05) is 23.9 Å². The van der Waals surface area contributed by atoms with Crippen LogP contribution in [0.1, 0.15) is 44.2 Å². The fourth-order valence-electron chi connectivity index (χ4n) is 2.33. The highest BCUT2D eigenvalue weighted by atomic mass is 32.2. The largest absolute Gasteiger partial charge is 0.497 e. The van der Waals surface area contributed by atoms with Crippen LogP contribution in [-0.2, 0) is 0 Å². The molecule has 1 rings (SSSR count). The summed E-state index contributed by atoms with van der Waals surface area (Å²) in [7, 11) is 3.40. The maximum absolute atomic E-state index is 5.44. The fourth-order valence-corrected chi connectivity index (χ4v) is 2.82.